The van der Waals surface area contributed by atoms with Gasteiger partial charge in [-0.2, -0.15) is 4.68 Å². The molecule has 2 fully saturated rings. The molecule has 3 aromatic rings. The minimum absolute atomic E-state index is 0.289. The van der Waals surface area contributed by atoms with E-state index in [9.17, 15) is 4.79 Å². The van der Waals surface area contributed by atoms with Gasteiger partial charge in [-0.1, -0.05) is 43.4 Å². The van der Waals surface area contributed by atoms with Crippen molar-refractivity contribution in [1.29, 1.82) is 0 Å². The summed E-state index contributed by atoms with van der Waals surface area (Å²) in [6.07, 6.45) is 9.87. The van der Waals surface area contributed by atoms with Gasteiger partial charge in [0.05, 0.1) is 12.8 Å². The number of amides is 1. The van der Waals surface area contributed by atoms with E-state index in [1.54, 1.807) is 18.1 Å². The van der Waals surface area contributed by atoms with E-state index in [1.165, 1.54) is 32.1 Å². The molecule has 33 heavy (non-hydrogen) atoms. The number of anilines is 1. The Kier molecular flexibility index (Phi) is 6.37. The summed E-state index contributed by atoms with van der Waals surface area (Å²) in [6.45, 7) is 2.87. The normalized spacial score (nSPS) is 17.5. The van der Waals surface area contributed by atoms with Crippen molar-refractivity contribution in [2.45, 2.75) is 44.9 Å². The van der Waals surface area contributed by atoms with Crippen molar-refractivity contribution in [1.82, 2.24) is 29.9 Å². The fourth-order valence-electron chi connectivity index (χ4n) is 5.01. The van der Waals surface area contributed by atoms with Gasteiger partial charge in [-0.05, 0) is 24.5 Å². The second-order valence-corrected chi connectivity index (χ2v) is 8.98. The van der Waals surface area contributed by atoms with Crippen LogP contribution in [0.2, 0.25) is 0 Å². The number of rotatable bonds is 6. The quantitative estimate of drug-likeness (QED) is 0.571. The van der Waals surface area contributed by atoms with Gasteiger partial charge in [0, 0.05) is 38.7 Å². The lowest BCUT2D eigenvalue weighted by Crippen LogP contribution is -2.49. The number of hydrogen-bond acceptors (Lipinski definition) is 7. The standard InChI is InChI=1S/C24H31N7O2/c1-33-20-9-5-8-19(16-20)31-24-22(27-28-31)23(25-17-26-24)30-14-12-29(13-15-30)21(32)11-10-18-6-3-2-4-7-18/h5,8-9,16-18H,2-4,6-7,10-15H2,1H3. The first-order valence-electron chi connectivity index (χ1n) is 12.0. The van der Waals surface area contributed by atoms with Crippen LogP contribution >= 0.6 is 0 Å². The minimum atomic E-state index is 0.289. The van der Waals surface area contributed by atoms with E-state index in [-0.39, 0.29) is 5.91 Å². The number of fused-ring (bicyclic) bond motifs is 1. The molecular formula is C24H31N7O2. The minimum Gasteiger partial charge on any atom is -0.497 e. The number of carbonyl (C=O) groups is 1. The van der Waals surface area contributed by atoms with E-state index in [2.05, 4.69) is 25.2 Å². The van der Waals surface area contributed by atoms with Crippen LogP contribution in [-0.2, 0) is 4.79 Å². The van der Waals surface area contributed by atoms with E-state index in [1.807, 2.05) is 29.2 Å². The van der Waals surface area contributed by atoms with Gasteiger partial charge in [-0.3, -0.25) is 4.79 Å². The Morgan fingerprint density at radius 1 is 1.09 bits per heavy atom. The first kappa shape index (κ1) is 21.6. The summed E-state index contributed by atoms with van der Waals surface area (Å²) < 4.78 is 7.03. The molecule has 3 heterocycles. The maximum absolute atomic E-state index is 12.8. The Labute approximate surface area is 193 Å². The molecule has 0 bridgehead atoms. The molecule has 2 aromatic heterocycles. The van der Waals surface area contributed by atoms with Gasteiger partial charge < -0.3 is 14.5 Å². The van der Waals surface area contributed by atoms with Gasteiger partial charge in [-0.15, -0.1) is 5.10 Å². The van der Waals surface area contributed by atoms with Crippen molar-refractivity contribution in [3.05, 3.63) is 30.6 Å². The summed E-state index contributed by atoms with van der Waals surface area (Å²) in [5.74, 6) is 2.54. The number of methoxy groups -OCH3 is 1. The molecule has 2 aliphatic rings. The van der Waals surface area contributed by atoms with Crippen LogP contribution in [0.1, 0.15) is 44.9 Å². The molecule has 1 amide bonds. The largest absolute Gasteiger partial charge is 0.497 e. The van der Waals surface area contributed by atoms with Gasteiger partial charge in [0.1, 0.15) is 12.1 Å². The van der Waals surface area contributed by atoms with E-state index in [0.29, 0.717) is 30.7 Å². The van der Waals surface area contributed by atoms with Gasteiger partial charge in [0.2, 0.25) is 5.91 Å². The zero-order chi connectivity index (χ0) is 22.6. The lowest BCUT2D eigenvalue weighted by Gasteiger charge is -2.35. The maximum Gasteiger partial charge on any atom is 0.222 e. The van der Waals surface area contributed by atoms with E-state index in [0.717, 1.165) is 42.7 Å². The molecule has 9 heteroatoms. The van der Waals surface area contributed by atoms with E-state index in [4.69, 9.17) is 4.74 Å². The zero-order valence-electron chi connectivity index (χ0n) is 19.2. The van der Waals surface area contributed by atoms with Crippen LogP contribution in [0.15, 0.2) is 30.6 Å². The van der Waals surface area contributed by atoms with Crippen LogP contribution in [0.25, 0.3) is 16.9 Å². The Hall–Kier alpha value is -3.23. The molecule has 1 aromatic carbocycles. The number of nitrogens with zero attached hydrogens (tertiary/aromatic N) is 7. The van der Waals surface area contributed by atoms with Crippen LogP contribution in [0.5, 0.6) is 5.75 Å². The van der Waals surface area contributed by atoms with Gasteiger partial charge in [0.25, 0.3) is 0 Å². The van der Waals surface area contributed by atoms with Crippen LogP contribution in [0.3, 0.4) is 0 Å². The third kappa shape index (κ3) is 4.62. The number of aromatic nitrogens is 5. The van der Waals surface area contributed by atoms with Crippen molar-refractivity contribution in [3.8, 4) is 11.4 Å². The van der Waals surface area contributed by atoms with Crippen molar-refractivity contribution < 1.29 is 9.53 Å². The average Bonchev–Trinajstić information content (AvgIpc) is 3.32. The lowest BCUT2D eigenvalue weighted by molar-refractivity contribution is -0.131. The predicted octanol–water partition coefficient (Wildman–Crippen LogP) is 3.23. The second-order valence-electron chi connectivity index (χ2n) is 8.98. The van der Waals surface area contributed by atoms with Gasteiger partial charge in [0.15, 0.2) is 17.0 Å². The molecule has 1 saturated heterocycles. The Balaban J connectivity index is 1.25. The van der Waals surface area contributed by atoms with Crippen molar-refractivity contribution in [2.75, 3.05) is 38.2 Å². The summed E-state index contributed by atoms with van der Waals surface area (Å²) in [7, 11) is 1.64. The van der Waals surface area contributed by atoms with Crippen LogP contribution in [0.4, 0.5) is 5.82 Å². The van der Waals surface area contributed by atoms with Crippen LogP contribution in [-0.4, -0.2) is 69.1 Å². The summed E-state index contributed by atoms with van der Waals surface area (Å²) in [4.78, 5) is 25.9. The smallest absolute Gasteiger partial charge is 0.222 e. The molecule has 9 nitrogen and oxygen atoms in total. The first-order chi connectivity index (χ1) is 16.2. The van der Waals surface area contributed by atoms with Gasteiger partial charge in [-0.25, -0.2) is 9.97 Å². The fraction of sp³-hybridized carbons (Fsp3) is 0.542. The van der Waals surface area contributed by atoms with Crippen molar-refractivity contribution in [3.63, 3.8) is 0 Å². The molecule has 0 N–H and O–H groups in total. The molecule has 0 atom stereocenters. The molecule has 1 saturated carbocycles. The Bertz CT molecular complexity index is 1100. The molecule has 0 radical (unpaired) electrons. The van der Waals surface area contributed by atoms with Crippen molar-refractivity contribution >= 4 is 22.9 Å². The number of hydrogen-bond donors (Lipinski definition) is 0. The maximum atomic E-state index is 12.8. The molecule has 1 aliphatic heterocycles. The molecule has 174 valence electrons. The van der Waals surface area contributed by atoms with E-state index < -0.39 is 0 Å². The monoisotopic (exact) mass is 449 g/mol. The highest BCUT2D eigenvalue weighted by molar-refractivity contribution is 5.84. The predicted molar refractivity (Wildman–Crippen MR) is 126 cm³/mol. The molecule has 5 rings (SSSR count). The summed E-state index contributed by atoms with van der Waals surface area (Å²) >= 11 is 0. The molecule has 1 aliphatic carbocycles. The van der Waals surface area contributed by atoms with Crippen molar-refractivity contribution in [2.24, 2.45) is 5.92 Å². The number of ether oxygens (including phenoxy) is 1. The highest BCUT2D eigenvalue weighted by Gasteiger charge is 2.25. The number of carbonyl (C=O) groups excluding carboxylic acids is 1. The lowest BCUT2D eigenvalue weighted by atomic mass is 9.86. The molecule has 0 unspecified atom stereocenters. The third-order valence-electron chi connectivity index (χ3n) is 6.94. The molecule has 0 spiro atoms. The summed E-state index contributed by atoms with van der Waals surface area (Å²) in [5.41, 5.74) is 2.14. The Morgan fingerprint density at radius 2 is 1.91 bits per heavy atom. The first-order valence-corrected chi connectivity index (χ1v) is 12.0. The topological polar surface area (TPSA) is 89.3 Å². The summed E-state index contributed by atoms with van der Waals surface area (Å²) in [5, 5.41) is 8.71. The number of benzene rings is 1. The SMILES string of the molecule is COc1cccc(-n2nnc3c(N4CCN(C(=O)CCC5CCCCC5)CC4)ncnc32)c1. The zero-order valence-corrected chi connectivity index (χ0v) is 19.2. The summed E-state index contributed by atoms with van der Waals surface area (Å²) in [6, 6.07) is 7.64. The van der Waals surface area contributed by atoms with Gasteiger partial charge >= 0.3 is 0 Å². The van der Waals surface area contributed by atoms with Crippen LogP contribution < -0.4 is 9.64 Å². The second kappa shape index (κ2) is 9.72. The highest BCUT2D eigenvalue weighted by atomic mass is 16.5. The average molecular weight is 450 g/mol. The third-order valence-corrected chi connectivity index (χ3v) is 6.94. The number of piperazine rings is 1. The highest BCUT2D eigenvalue weighted by Crippen LogP contribution is 2.28. The van der Waals surface area contributed by atoms with Crippen LogP contribution in [0, 0.1) is 5.92 Å². The fourth-order valence-corrected chi connectivity index (χ4v) is 5.01. The Morgan fingerprint density at radius 3 is 2.70 bits per heavy atom. The van der Waals surface area contributed by atoms with E-state index >= 15 is 0 Å². The molecular weight excluding hydrogens is 418 g/mol.